The SMILES string of the molecule is COCC1CC(C)C(O)(c2cnc3c(N)ncnn23)O1. The minimum atomic E-state index is -1.45. The van der Waals surface area contributed by atoms with Gasteiger partial charge in [0.2, 0.25) is 5.79 Å². The van der Waals surface area contributed by atoms with Crippen molar-refractivity contribution < 1.29 is 14.6 Å². The summed E-state index contributed by atoms with van der Waals surface area (Å²) in [4.78, 5) is 8.03. The van der Waals surface area contributed by atoms with Crippen LogP contribution in [0.2, 0.25) is 0 Å². The van der Waals surface area contributed by atoms with Gasteiger partial charge in [-0.1, -0.05) is 6.92 Å². The van der Waals surface area contributed by atoms with Crippen molar-refractivity contribution in [1.29, 1.82) is 0 Å². The Morgan fingerprint density at radius 1 is 1.60 bits per heavy atom. The van der Waals surface area contributed by atoms with Gasteiger partial charge in [0, 0.05) is 13.0 Å². The van der Waals surface area contributed by atoms with Crippen LogP contribution in [0.15, 0.2) is 12.5 Å². The average molecular weight is 279 g/mol. The molecule has 8 nitrogen and oxygen atoms in total. The van der Waals surface area contributed by atoms with Crippen molar-refractivity contribution in [2.24, 2.45) is 5.92 Å². The molecular formula is C12H17N5O3. The molecule has 0 bridgehead atoms. The van der Waals surface area contributed by atoms with Crippen LogP contribution in [0.3, 0.4) is 0 Å². The molecule has 1 fully saturated rings. The van der Waals surface area contributed by atoms with Gasteiger partial charge in [-0.15, -0.1) is 0 Å². The van der Waals surface area contributed by atoms with E-state index >= 15 is 0 Å². The van der Waals surface area contributed by atoms with E-state index in [-0.39, 0.29) is 17.8 Å². The van der Waals surface area contributed by atoms with Crippen molar-refractivity contribution in [3.05, 3.63) is 18.2 Å². The highest BCUT2D eigenvalue weighted by atomic mass is 16.6. The summed E-state index contributed by atoms with van der Waals surface area (Å²) < 4.78 is 12.3. The number of hydrogen-bond donors (Lipinski definition) is 2. The van der Waals surface area contributed by atoms with Crippen LogP contribution in [-0.4, -0.2) is 44.5 Å². The third-order valence-electron chi connectivity index (χ3n) is 3.68. The molecule has 1 saturated heterocycles. The number of nitrogens with two attached hydrogens (primary N) is 1. The number of ether oxygens (including phenoxy) is 2. The van der Waals surface area contributed by atoms with Crippen LogP contribution in [0.4, 0.5) is 5.82 Å². The van der Waals surface area contributed by atoms with Gasteiger partial charge in [0.15, 0.2) is 11.5 Å². The first-order chi connectivity index (χ1) is 9.56. The maximum atomic E-state index is 10.9. The lowest BCUT2D eigenvalue weighted by Crippen LogP contribution is -2.33. The molecule has 0 aliphatic carbocycles. The maximum Gasteiger partial charge on any atom is 0.214 e. The molecule has 0 saturated carbocycles. The van der Waals surface area contributed by atoms with Crippen molar-refractivity contribution in [3.8, 4) is 0 Å². The number of nitrogens with zero attached hydrogens (tertiary/aromatic N) is 4. The Morgan fingerprint density at radius 3 is 3.15 bits per heavy atom. The van der Waals surface area contributed by atoms with Gasteiger partial charge >= 0.3 is 0 Å². The van der Waals surface area contributed by atoms with Crippen LogP contribution in [0.5, 0.6) is 0 Å². The first-order valence-electron chi connectivity index (χ1n) is 6.40. The number of aliphatic hydroxyl groups is 1. The molecule has 3 N–H and O–H groups in total. The summed E-state index contributed by atoms with van der Waals surface area (Å²) in [6, 6.07) is 0. The number of anilines is 1. The molecule has 2 aromatic rings. The Hall–Kier alpha value is -1.77. The molecule has 3 heterocycles. The summed E-state index contributed by atoms with van der Waals surface area (Å²) in [6.07, 6.45) is 3.37. The third kappa shape index (κ3) is 1.84. The largest absolute Gasteiger partial charge is 0.382 e. The second-order valence-electron chi connectivity index (χ2n) is 5.05. The fourth-order valence-electron chi connectivity index (χ4n) is 2.65. The number of imidazole rings is 1. The van der Waals surface area contributed by atoms with Crippen molar-refractivity contribution in [3.63, 3.8) is 0 Å². The summed E-state index contributed by atoms with van der Waals surface area (Å²) in [6.45, 7) is 2.35. The van der Waals surface area contributed by atoms with Crippen LogP contribution in [-0.2, 0) is 15.3 Å². The predicted octanol–water partition coefficient (Wildman–Crippen LogP) is -0.0770. The van der Waals surface area contributed by atoms with Gasteiger partial charge in [-0.25, -0.2) is 14.5 Å². The van der Waals surface area contributed by atoms with E-state index in [4.69, 9.17) is 15.2 Å². The van der Waals surface area contributed by atoms with Gasteiger partial charge in [0.25, 0.3) is 0 Å². The summed E-state index contributed by atoms with van der Waals surface area (Å²) in [5.41, 5.74) is 6.60. The molecule has 1 aliphatic rings. The van der Waals surface area contributed by atoms with Crippen molar-refractivity contribution >= 4 is 11.5 Å². The normalized spacial score (nSPS) is 30.1. The van der Waals surface area contributed by atoms with Gasteiger partial charge < -0.3 is 20.3 Å². The molecule has 1 aliphatic heterocycles. The highest BCUT2D eigenvalue weighted by molar-refractivity contribution is 5.59. The lowest BCUT2D eigenvalue weighted by Gasteiger charge is -2.26. The lowest BCUT2D eigenvalue weighted by molar-refractivity contribution is -0.227. The predicted molar refractivity (Wildman–Crippen MR) is 69.6 cm³/mol. The Labute approximate surface area is 115 Å². The molecule has 0 radical (unpaired) electrons. The molecule has 0 spiro atoms. The quantitative estimate of drug-likeness (QED) is 0.809. The number of methoxy groups -OCH3 is 1. The summed E-state index contributed by atoms with van der Waals surface area (Å²) >= 11 is 0. The van der Waals surface area contributed by atoms with Crippen LogP contribution in [0.1, 0.15) is 19.0 Å². The number of nitrogen functional groups attached to an aromatic ring is 1. The average Bonchev–Trinajstić information content (AvgIpc) is 2.94. The van der Waals surface area contributed by atoms with Crippen LogP contribution in [0.25, 0.3) is 5.65 Å². The van der Waals surface area contributed by atoms with Gasteiger partial charge in [-0.05, 0) is 6.42 Å². The fraction of sp³-hybridized carbons (Fsp3) is 0.583. The molecule has 0 aromatic carbocycles. The first-order valence-corrected chi connectivity index (χ1v) is 6.40. The second kappa shape index (κ2) is 4.65. The van der Waals surface area contributed by atoms with E-state index in [1.807, 2.05) is 6.92 Å². The van der Waals surface area contributed by atoms with Crippen molar-refractivity contribution in [2.45, 2.75) is 25.2 Å². The van der Waals surface area contributed by atoms with Crippen LogP contribution < -0.4 is 5.73 Å². The highest BCUT2D eigenvalue weighted by Gasteiger charge is 2.48. The molecule has 20 heavy (non-hydrogen) atoms. The van der Waals surface area contributed by atoms with Crippen LogP contribution >= 0.6 is 0 Å². The van der Waals surface area contributed by atoms with E-state index in [0.29, 0.717) is 24.4 Å². The number of aromatic nitrogens is 4. The minimum Gasteiger partial charge on any atom is -0.382 e. The van der Waals surface area contributed by atoms with Gasteiger partial charge in [-0.3, -0.25) is 0 Å². The van der Waals surface area contributed by atoms with Gasteiger partial charge in [0.05, 0.1) is 18.9 Å². The maximum absolute atomic E-state index is 10.9. The number of hydrogen-bond acceptors (Lipinski definition) is 7. The van der Waals surface area contributed by atoms with E-state index in [9.17, 15) is 5.11 Å². The summed E-state index contributed by atoms with van der Waals surface area (Å²) in [7, 11) is 1.60. The van der Waals surface area contributed by atoms with E-state index in [1.165, 1.54) is 17.0 Å². The van der Waals surface area contributed by atoms with Gasteiger partial charge in [0.1, 0.15) is 12.0 Å². The zero-order valence-corrected chi connectivity index (χ0v) is 11.4. The van der Waals surface area contributed by atoms with E-state index in [0.717, 1.165) is 0 Å². The topological polar surface area (TPSA) is 108 Å². The fourth-order valence-corrected chi connectivity index (χ4v) is 2.65. The molecule has 3 rings (SSSR count). The Kier molecular flexibility index (Phi) is 3.08. The van der Waals surface area contributed by atoms with Crippen LogP contribution in [0, 0.1) is 5.92 Å². The summed E-state index contributed by atoms with van der Waals surface area (Å²) in [5, 5.41) is 15.0. The third-order valence-corrected chi connectivity index (χ3v) is 3.68. The zero-order chi connectivity index (χ0) is 14.3. The smallest absolute Gasteiger partial charge is 0.214 e. The van der Waals surface area contributed by atoms with Crippen molar-refractivity contribution in [1.82, 2.24) is 19.6 Å². The molecule has 0 amide bonds. The molecule has 3 atom stereocenters. The summed E-state index contributed by atoms with van der Waals surface area (Å²) in [5.74, 6) is -1.31. The highest BCUT2D eigenvalue weighted by Crippen LogP contribution is 2.41. The standard InChI is InChI=1S/C12H17N5O3/c1-7-3-8(5-19-2)20-12(7,18)9-4-14-11-10(13)15-6-16-17(9)11/h4,6-8,18H,3,5H2,1-2H3,(H2,13,15,16). The molecule has 108 valence electrons. The van der Waals surface area contributed by atoms with E-state index < -0.39 is 5.79 Å². The molecule has 2 aromatic heterocycles. The first kappa shape index (κ1) is 13.2. The Bertz CT molecular complexity index is 631. The van der Waals surface area contributed by atoms with E-state index in [1.54, 1.807) is 7.11 Å². The van der Waals surface area contributed by atoms with Crippen molar-refractivity contribution in [2.75, 3.05) is 19.5 Å². The van der Waals surface area contributed by atoms with E-state index in [2.05, 4.69) is 15.1 Å². The molecular weight excluding hydrogens is 262 g/mol. The number of rotatable bonds is 3. The Balaban J connectivity index is 2.04. The van der Waals surface area contributed by atoms with Gasteiger partial charge in [-0.2, -0.15) is 5.10 Å². The Morgan fingerprint density at radius 2 is 2.40 bits per heavy atom. The number of fused-ring (bicyclic) bond motifs is 1. The molecule has 3 unspecified atom stereocenters. The monoisotopic (exact) mass is 279 g/mol. The molecule has 8 heteroatoms. The minimum absolute atomic E-state index is 0.112. The lowest BCUT2D eigenvalue weighted by atomic mass is 9.96. The zero-order valence-electron chi connectivity index (χ0n) is 11.4. The second-order valence-corrected chi connectivity index (χ2v) is 5.05.